The number of benzene rings is 2. The Labute approximate surface area is 124 Å². The maximum absolute atomic E-state index is 10.9. The molecule has 0 amide bonds. The Morgan fingerprint density at radius 2 is 1.76 bits per heavy atom. The Bertz CT molecular complexity index is 608. The van der Waals surface area contributed by atoms with Crippen LogP contribution >= 0.6 is 0 Å². The fourth-order valence-electron chi connectivity index (χ4n) is 2.26. The van der Waals surface area contributed by atoms with Crippen molar-refractivity contribution in [3.63, 3.8) is 0 Å². The second-order valence-corrected chi connectivity index (χ2v) is 5.02. The summed E-state index contributed by atoms with van der Waals surface area (Å²) in [5, 5.41) is 18.3. The molecule has 2 aromatic rings. The predicted molar refractivity (Wildman–Crippen MR) is 82.6 cm³/mol. The standard InChI is InChI=1S/C17H19NO3/c1-13-4-2-3-5-16(13)18(11-10-17(20)21)12-14-6-8-15(19)9-7-14/h2-9,19H,10-12H2,1H3,(H,20,21). The van der Waals surface area contributed by atoms with E-state index >= 15 is 0 Å². The van der Waals surface area contributed by atoms with Crippen LogP contribution in [0.25, 0.3) is 0 Å². The molecule has 0 heterocycles. The smallest absolute Gasteiger partial charge is 0.305 e. The largest absolute Gasteiger partial charge is 0.508 e. The number of hydrogen-bond donors (Lipinski definition) is 2. The van der Waals surface area contributed by atoms with Crippen molar-refractivity contribution in [3.8, 4) is 5.75 Å². The Hall–Kier alpha value is -2.49. The lowest BCUT2D eigenvalue weighted by Gasteiger charge is -2.26. The van der Waals surface area contributed by atoms with Crippen molar-refractivity contribution >= 4 is 11.7 Å². The minimum Gasteiger partial charge on any atom is -0.508 e. The molecule has 0 unspecified atom stereocenters. The molecule has 4 heteroatoms. The molecule has 0 fully saturated rings. The molecule has 0 saturated heterocycles. The van der Waals surface area contributed by atoms with Gasteiger partial charge in [-0.2, -0.15) is 0 Å². The van der Waals surface area contributed by atoms with Crippen molar-refractivity contribution < 1.29 is 15.0 Å². The molecular weight excluding hydrogens is 266 g/mol. The molecule has 0 saturated carbocycles. The number of carboxylic acid groups (broad SMARTS) is 1. The zero-order chi connectivity index (χ0) is 15.2. The second-order valence-electron chi connectivity index (χ2n) is 5.02. The molecule has 2 N–H and O–H groups in total. The lowest BCUT2D eigenvalue weighted by molar-refractivity contribution is -0.136. The first-order valence-corrected chi connectivity index (χ1v) is 6.86. The number of phenolic OH excluding ortho intramolecular Hbond substituents is 1. The fourth-order valence-corrected chi connectivity index (χ4v) is 2.26. The molecule has 21 heavy (non-hydrogen) atoms. The van der Waals surface area contributed by atoms with Crippen molar-refractivity contribution in [3.05, 3.63) is 59.7 Å². The summed E-state index contributed by atoms with van der Waals surface area (Å²) in [5.74, 6) is -0.578. The van der Waals surface area contributed by atoms with Gasteiger partial charge in [-0.3, -0.25) is 4.79 Å². The van der Waals surface area contributed by atoms with E-state index in [1.165, 1.54) is 0 Å². The van der Waals surface area contributed by atoms with Crippen LogP contribution in [0, 0.1) is 6.92 Å². The van der Waals surface area contributed by atoms with Crippen LogP contribution in [0.15, 0.2) is 48.5 Å². The minimum atomic E-state index is -0.806. The second kappa shape index (κ2) is 6.79. The van der Waals surface area contributed by atoms with E-state index in [1.54, 1.807) is 12.1 Å². The molecule has 2 rings (SSSR count). The van der Waals surface area contributed by atoms with Crippen LogP contribution < -0.4 is 4.90 Å². The number of nitrogens with zero attached hydrogens (tertiary/aromatic N) is 1. The van der Waals surface area contributed by atoms with Crippen LogP contribution in [0.1, 0.15) is 17.5 Å². The van der Waals surface area contributed by atoms with E-state index in [0.717, 1.165) is 16.8 Å². The molecule has 0 aromatic heterocycles. The van der Waals surface area contributed by atoms with Gasteiger partial charge in [-0.25, -0.2) is 0 Å². The third kappa shape index (κ3) is 4.24. The van der Waals surface area contributed by atoms with Gasteiger partial charge in [0.25, 0.3) is 0 Å². The zero-order valence-electron chi connectivity index (χ0n) is 12.0. The Morgan fingerprint density at radius 1 is 1.10 bits per heavy atom. The van der Waals surface area contributed by atoms with Gasteiger partial charge in [0.2, 0.25) is 0 Å². The highest BCUT2D eigenvalue weighted by atomic mass is 16.4. The molecule has 0 atom stereocenters. The Kier molecular flexibility index (Phi) is 4.82. The first-order valence-electron chi connectivity index (χ1n) is 6.86. The fraction of sp³-hybridized carbons (Fsp3) is 0.235. The van der Waals surface area contributed by atoms with E-state index in [4.69, 9.17) is 5.11 Å². The van der Waals surface area contributed by atoms with E-state index in [9.17, 15) is 9.90 Å². The summed E-state index contributed by atoms with van der Waals surface area (Å²) in [7, 11) is 0. The van der Waals surface area contributed by atoms with Crippen LogP contribution in [0.5, 0.6) is 5.75 Å². The number of hydrogen-bond acceptors (Lipinski definition) is 3. The van der Waals surface area contributed by atoms with Gasteiger partial charge in [0.05, 0.1) is 6.42 Å². The van der Waals surface area contributed by atoms with E-state index in [2.05, 4.69) is 4.90 Å². The van der Waals surface area contributed by atoms with Crippen LogP contribution in [0.2, 0.25) is 0 Å². The van der Waals surface area contributed by atoms with Crippen LogP contribution in [0.4, 0.5) is 5.69 Å². The molecule has 0 aliphatic heterocycles. The maximum atomic E-state index is 10.9. The predicted octanol–water partition coefficient (Wildman–Crippen LogP) is 3.18. The quantitative estimate of drug-likeness (QED) is 0.855. The van der Waals surface area contributed by atoms with E-state index in [0.29, 0.717) is 13.1 Å². The van der Waals surface area contributed by atoms with Gasteiger partial charge in [0.15, 0.2) is 0 Å². The van der Waals surface area contributed by atoms with Gasteiger partial charge in [0, 0.05) is 18.8 Å². The number of phenols is 1. The minimum absolute atomic E-state index is 0.0897. The summed E-state index contributed by atoms with van der Waals surface area (Å²) in [6.45, 7) is 3.07. The molecular formula is C17H19NO3. The third-order valence-electron chi connectivity index (χ3n) is 3.36. The van der Waals surface area contributed by atoms with Crippen molar-refractivity contribution in [2.75, 3.05) is 11.4 Å². The average Bonchev–Trinajstić information content (AvgIpc) is 2.46. The first-order chi connectivity index (χ1) is 10.1. The first kappa shape index (κ1) is 14.9. The normalized spacial score (nSPS) is 10.3. The van der Waals surface area contributed by atoms with E-state index in [-0.39, 0.29) is 12.2 Å². The molecule has 0 aliphatic rings. The van der Waals surface area contributed by atoms with E-state index in [1.807, 2.05) is 43.3 Å². The monoisotopic (exact) mass is 285 g/mol. The van der Waals surface area contributed by atoms with Gasteiger partial charge in [-0.15, -0.1) is 0 Å². The van der Waals surface area contributed by atoms with Gasteiger partial charge >= 0.3 is 5.97 Å². The summed E-state index contributed by atoms with van der Waals surface area (Å²) in [4.78, 5) is 12.9. The lowest BCUT2D eigenvalue weighted by Crippen LogP contribution is -2.26. The SMILES string of the molecule is Cc1ccccc1N(CCC(=O)O)Cc1ccc(O)cc1. The van der Waals surface area contributed by atoms with Gasteiger partial charge in [0.1, 0.15) is 5.75 Å². The maximum Gasteiger partial charge on any atom is 0.305 e. The highest BCUT2D eigenvalue weighted by Crippen LogP contribution is 2.22. The van der Waals surface area contributed by atoms with Crippen molar-refractivity contribution in [1.82, 2.24) is 0 Å². The number of aromatic hydroxyl groups is 1. The van der Waals surface area contributed by atoms with Crippen molar-refractivity contribution in [2.24, 2.45) is 0 Å². The lowest BCUT2D eigenvalue weighted by atomic mass is 10.1. The van der Waals surface area contributed by atoms with Crippen LogP contribution in [-0.2, 0) is 11.3 Å². The molecule has 0 spiro atoms. The summed E-state index contributed by atoms with van der Waals surface area (Å²) in [6.07, 6.45) is 0.0897. The number of para-hydroxylation sites is 1. The summed E-state index contributed by atoms with van der Waals surface area (Å²) in [6, 6.07) is 14.9. The Balaban J connectivity index is 2.21. The molecule has 0 bridgehead atoms. The highest BCUT2D eigenvalue weighted by molar-refractivity contribution is 5.68. The van der Waals surface area contributed by atoms with Gasteiger partial charge in [-0.05, 0) is 36.2 Å². The number of carbonyl (C=O) groups is 1. The molecule has 4 nitrogen and oxygen atoms in total. The van der Waals surface area contributed by atoms with Gasteiger partial charge in [-0.1, -0.05) is 30.3 Å². The number of aryl methyl sites for hydroxylation is 1. The van der Waals surface area contributed by atoms with E-state index < -0.39 is 5.97 Å². The molecule has 0 aliphatic carbocycles. The van der Waals surface area contributed by atoms with Crippen LogP contribution in [0.3, 0.4) is 0 Å². The third-order valence-corrected chi connectivity index (χ3v) is 3.36. The van der Waals surface area contributed by atoms with Crippen molar-refractivity contribution in [1.29, 1.82) is 0 Å². The average molecular weight is 285 g/mol. The summed E-state index contributed by atoms with van der Waals surface area (Å²) in [5.41, 5.74) is 3.18. The zero-order valence-corrected chi connectivity index (χ0v) is 12.0. The summed E-state index contributed by atoms with van der Waals surface area (Å²) < 4.78 is 0. The molecule has 0 radical (unpaired) electrons. The highest BCUT2D eigenvalue weighted by Gasteiger charge is 2.11. The topological polar surface area (TPSA) is 60.8 Å². The van der Waals surface area contributed by atoms with Crippen molar-refractivity contribution in [2.45, 2.75) is 19.9 Å². The number of anilines is 1. The Morgan fingerprint density at radius 3 is 2.38 bits per heavy atom. The van der Waals surface area contributed by atoms with Crippen LogP contribution in [-0.4, -0.2) is 22.7 Å². The molecule has 2 aromatic carbocycles. The molecule has 110 valence electrons. The number of aliphatic carboxylic acids is 1. The summed E-state index contributed by atoms with van der Waals surface area (Å²) >= 11 is 0. The van der Waals surface area contributed by atoms with Gasteiger partial charge < -0.3 is 15.1 Å². The number of carboxylic acids is 1. The number of rotatable bonds is 6.